The molecule has 3 heteroatoms. The molecular formula is C53H41N3. The molecule has 13 rings (SSSR count). The molecule has 0 saturated heterocycles. The SMILES string of the molecule is c1ccc(-c2nc(-c3ccccc3)nc(-c3cc(-c4ccc5c(c4)C4(c6ccccc6-5)C5CC6CC(C5)CC4C6)cc(-c4ccc5ccccc5c4)c3)n2)cc1. The van der Waals surface area contributed by atoms with Crippen LogP contribution in [-0.4, -0.2) is 15.0 Å². The third-order valence-electron chi connectivity index (χ3n) is 13.9. The molecule has 1 heterocycles. The van der Waals surface area contributed by atoms with E-state index in [9.17, 15) is 0 Å². The Morgan fingerprint density at radius 1 is 0.339 bits per heavy atom. The monoisotopic (exact) mass is 719 g/mol. The summed E-state index contributed by atoms with van der Waals surface area (Å²) in [5, 5.41) is 2.47. The van der Waals surface area contributed by atoms with E-state index in [2.05, 4.69) is 127 Å². The van der Waals surface area contributed by atoms with Crippen LogP contribution < -0.4 is 0 Å². The minimum absolute atomic E-state index is 0.109. The molecule has 5 aliphatic rings. The topological polar surface area (TPSA) is 38.7 Å². The highest BCUT2D eigenvalue weighted by atomic mass is 15.0. The van der Waals surface area contributed by atoms with Gasteiger partial charge in [-0.25, -0.2) is 15.0 Å². The van der Waals surface area contributed by atoms with Crippen molar-refractivity contribution in [2.45, 2.75) is 37.5 Å². The van der Waals surface area contributed by atoms with E-state index in [0.717, 1.165) is 34.1 Å². The van der Waals surface area contributed by atoms with Gasteiger partial charge in [0, 0.05) is 22.1 Å². The first kappa shape index (κ1) is 32.1. The van der Waals surface area contributed by atoms with Gasteiger partial charge in [0.05, 0.1) is 0 Å². The van der Waals surface area contributed by atoms with Gasteiger partial charge in [-0.2, -0.15) is 0 Å². The Balaban J connectivity index is 1.07. The predicted molar refractivity (Wildman–Crippen MR) is 228 cm³/mol. The lowest BCUT2D eigenvalue weighted by molar-refractivity contribution is -0.0399. The van der Waals surface area contributed by atoms with Crippen molar-refractivity contribution < 1.29 is 0 Å². The lowest BCUT2D eigenvalue weighted by Crippen LogP contribution is -2.55. The Bertz CT molecular complexity index is 2740. The Morgan fingerprint density at radius 3 is 1.50 bits per heavy atom. The minimum Gasteiger partial charge on any atom is -0.208 e. The van der Waals surface area contributed by atoms with Crippen LogP contribution in [0.1, 0.15) is 43.2 Å². The van der Waals surface area contributed by atoms with Gasteiger partial charge >= 0.3 is 0 Å². The molecule has 0 radical (unpaired) electrons. The molecule has 5 aliphatic carbocycles. The van der Waals surface area contributed by atoms with E-state index < -0.39 is 0 Å². The molecule has 1 spiro atoms. The smallest absolute Gasteiger partial charge is 0.164 e. The van der Waals surface area contributed by atoms with Gasteiger partial charge in [-0.1, -0.05) is 133 Å². The van der Waals surface area contributed by atoms with Crippen molar-refractivity contribution in [3.63, 3.8) is 0 Å². The van der Waals surface area contributed by atoms with E-state index in [4.69, 9.17) is 15.0 Å². The number of hydrogen-bond donors (Lipinski definition) is 0. The fourth-order valence-corrected chi connectivity index (χ4v) is 11.7. The van der Waals surface area contributed by atoms with E-state index in [-0.39, 0.29) is 5.41 Å². The van der Waals surface area contributed by atoms with Crippen LogP contribution in [0.25, 0.3) is 78.3 Å². The van der Waals surface area contributed by atoms with Crippen molar-refractivity contribution in [1.29, 1.82) is 0 Å². The molecular weight excluding hydrogens is 679 g/mol. The predicted octanol–water partition coefficient (Wildman–Crippen LogP) is 13.1. The molecule has 0 amide bonds. The molecule has 4 fully saturated rings. The average molecular weight is 720 g/mol. The summed E-state index contributed by atoms with van der Waals surface area (Å²) in [5.74, 6) is 5.27. The van der Waals surface area contributed by atoms with Crippen molar-refractivity contribution in [1.82, 2.24) is 15.0 Å². The van der Waals surface area contributed by atoms with Crippen molar-refractivity contribution in [2.75, 3.05) is 0 Å². The van der Waals surface area contributed by atoms with E-state index >= 15 is 0 Å². The molecule has 1 aromatic heterocycles. The molecule has 268 valence electrons. The minimum atomic E-state index is 0.109. The zero-order valence-corrected chi connectivity index (χ0v) is 31.3. The van der Waals surface area contributed by atoms with Gasteiger partial charge in [0.1, 0.15) is 0 Å². The standard InChI is InChI=1S/C53H41N3/c1-3-12-36(13-4-1)50-54-51(37-14-5-2-6-15-37)56-52(55-50)43-30-41(39-20-19-35-11-7-8-16-38(35)28-39)29-42(31-43)40-21-22-47-46-17-9-10-18-48(46)53(49(47)32-40)44-24-33-23-34(26-44)27-45(53)25-33/h1-22,28-34,44-45H,23-27H2. The Labute approximate surface area is 328 Å². The Morgan fingerprint density at radius 2 is 0.839 bits per heavy atom. The zero-order valence-electron chi connectivity index (χ0n) is 31.3. The molecule has 56 heavy (non-hydrogen) atoms. The second-order valence-corrected chi connectivity index (χ2v) is 16.9. The van der Waals surface area contributed by atoms with Crippen LogP contribution in [0.3, 0.4) is 0 Å². The highest BCUT2D eigenvalue weighted by molar-refractivity contribution is 5.90. The summed E-state index contributed by atoms with van der Waals surface area (Å²) in [5.41, 5.74) is 13.9. The number of nitrogens with zero attached hydrogens (tertiary/aromatic N) is 3. The van der Waals surface area contributed by atoms with E-state index in [1.54, 1.807) is 11.1 Å². The van der Waals surface area contributed by atoms with Gasteiger partial charge in [0.15, 0.2) is 17.5 Å². The van der Waals surface area contributed by atoms with Crippen molar-refractivity contribution in [3.8, 4) is 67.5 Å². The lowest BCUT2D eigenvalue weighted by atomic mass is 9.43. The first-order valence-corrected chi connectivity index (χ1v) is 20.4. The maximum atomic E-state index is 5.20. The Hall–Kier alpha value is -6.19. The van der Waals surface area contributed by atoms with Crippen LogP contribution >= 0.6 is 0 Å². The second kappa shape index (κ2) is 12.4. The lowest BCUT2D eigenvalue weighted by Gasteiger charge is -2.61. The molecule has 3 nitrogen and oxygen atoms in total. The molecule has 0 aliphatic heterocycles. The van der Waals surface area contributed by atoms with E-state index in [1.807, 2.05) is 36.4 Å². The maximum Gasteiger partial charge on any atom is 0.164 e. The number of rotatable bonds is 5. The number of fused-ring (bicyclic) bond motifs is 4. The van der Waals surface area contributed by atoms with E-state index in [1.165, 1.54) is 70.7 Å². The largest absolute Gasteiger partial charge is 0.208 e. The molecule has 0 unspecified atom stereocenters. The summed E-state index contributed by atoms with van der Waals surface area (Å²) in [6, 6.07) is 59.8. The third kappa shape index (κ3) is 4.93. The molecule has 7 aromatic carbocycles. The van der Waals surface area contributed by atoms with Gasteiger partial charge in [-0.3, -0.25) is 0 Å². The van der Waals surface area contributed by atoms with Crippen molar-refractivity contribution in [3.05, 3.63) is 175 Å². The second-order valence-electron chi connectivity index (χ2n) is 16.9. The third-order valence-corrected chi connectivity index (χ3v) is 13.9. The first-order chi connectivity index (χ1) is 27.7. The fraction of sp³-hybridized carbons (Fsp3) is 0.189. The Kier molecular flexibility index (Phi) is 7.11. The highest BCUT2D eigenvalue weighted by Crippen LogP contribution is 2.69. The summed E-state index contributed by atoms with van der Waals surface area (Å²) in [6.07, 6.45) is 6.95. The van der Waals surface area contributed by atoms with Gasteiger partial charge < -0.3 is 0 Å². The van der Waals surface area contributed by atoms with Crippen molar-refractivity contribution >= 4 is 10.8 Å². The van der Waals surface area contributed by atoms with Gasteiger partial charge in [-0.15, -0.1) is 0 Å². The van der Waals surface area contributed by atoms with Crippen molar-refractivity contribution in [2.24, 2.45) is 23.7 Å². The summed E-state index contributed by atoms with van der Waals surface area (Å²) in [6.45, 7) is 0. The van der Waals surface area contributed by atoms with Crippen LogP contribution in [0.15, 0.2) is 164 Å². The van der Waals surface area contributed by atoms with E-state index in [0.29, 0.717) is 29.3 Å². The fourth-order valence-electron chi connectivity index (χ4n) is 11.7. The van der Waals surface area contributed by atoms with Crippen LogP contribution in [0.2, 0.25) is 0 Å². The molecule has 0 N–H and O–H groups in total. The summed E-state index contributed by atoms with van der Waals surface area (Å²) < 4.78 is 0. The van der Waals surface area contributed by atoms with Crippen LogP contribution in [0.4, 0.5) is 0 Å². The van der Waals surface area contributed by atoms with Gasteiger partial charge in [0.2, 0.25) is 0 Å². The van der Waals surface area contributed by atoms with Crippen LogP contribution in [0, 0.1) is 23.7 Å². The maximum absolute atomic E-state index is 5.20. The molecule has 0 atom stereocenters. The summed E-state index contributed by atoms with van der Waals surface area (Å²) >= 11 is 0. The number of hydrogen-bond acceptors (Lipinski definition) is 3. The van der Waals surface area contributed by atoms with Crippen LogP contribution in [-0.2, 0) is 5.41 Å². The normalized spacial score (nSPS) is 22.7. The van der Waals surface area contributed by atoms with Gasteiger partial charge in [0.25, 0.3) is 0 Å². The highest BCUT2D eigenvalue weighted by Gasteiger charge is 2.61. The molecule has 8 aromatic rings. The quantitative estimate of drug-likeness (QED) is 0.178. The molecule has 4 saturated carbocycles. The average Bonchev–Trinajstić information content (AvgIpc) is 3.55. The van der Waals surface area contributed by atoms with Crippen LogP contribution in [0.5, 0.6) is 0 Å². The zero-order chi connectivity index (χ0) is 36.8. The molecule has 4 bridgehead atoms. The first-order valence-electron chi connectivity index (χ1n) is 20.4. The summed E-state index contributed by atoms with van der Waals surface area (Å²) in [7, 11) is 0. The summed E-state index contributed by atoms with van der Waals surface area (Å²) in [4.78, 5) is 15.4. The number of benzene rings is 7. The van der Waals surface area contributed by atoms with Gasteiger partial charge in [-0.05, 0) is 141 Å². The number of aromatic nitrogens is 3.